The van der Waals surface area contributed by atoms with Crippen LogP contribution in [0, 0.1) is 15.9 Å². The maximum atomic E-state index is 13.3. The van der Waals surface area contributed by atoms with Crippen LogP contribution in [0.2, 0.25) is 0 Å². The minimum absolute atomic E-state index is 0.225. The van der Waals surface area contributed by atoms with Gasteiger partial charge in [-0.3, -0.25) is 10.1 Å². The summed E-state index contributed by atoms with van der Waals surface area (Å²) in [6.45, 7) is 0.616. The second kappa shape index (κ2) is 6.83. The number of nitrogens with one attached hydrogen (secondary N) is 1. The lowest BCUT2D eigenvalue weighted by Crippen LogP contribution is -2.07. The van der Waals surface area contributed by atoms with E-state index in [1.54, 1.807) is 0 Å². The summed E-state index contributed by atoms with van der Waals surface area (Å²) in [6, 6.07) is 2.36. The molecular formula is C14H16BrFN2O2. The van der Waals surface area contributed by atoms with Gasteiger partial charge in [0.15, 0.2) is 0 Å². The molecule has 0 amide bonds. The molecule has 0 saturated carbocycles. The average molecular weight is 343 g/mol. The fraction of sp³-hybridized carbons (Fsp3) is 0.429. The summed E-state index contributed by atoms with van der Waals surface area (Å²) in [6.07, 6.45) is 7.81. The van der Waals surface area contributed by atoms with Crippen LogP contribution in [-0.2, 0) is 0 Å². The van der Waals surface area contributed by atoms with Crippen molar-refractivity contribution in [1.29, 1.82) is 0 Å². The number of allylic oxidation sites excluding steroid dienone is 1. The Morgan fingerprint density at radius 2 is 2.20 bits per heavy atom. The Kier molecular flexibility index (Phi) is 5.11. The van der Waals surface area contributed by atoms with Gasteiger partial charge in [-0.1, -0.05) is 11.6 Å². The highest BCUT2D eigenvalue weighted by atomic mass is 79.9. The van der Waals surface area contributed by atoms with Crippen LogP contribution >= 0.6 is 15.9 Å². The number of benzene rings is 1. The first kappa shape index (κ1) is 15.0. The molecule has 0 heterocycles. The van der Waals surface area contributed by atoms with Gasteiger partial charge in [0.2, 0.25) is 0 Å². The molecule has 0 fully saturated rings. The van der Waals surface area contributed by atoms with Crippen molar-refractivity contribution in [2.45, 2.75) is 32.1 Å². The van der Waals surface area contributed by atoms with Crippen LogP contribution in [-0.4, -0.2) is 11.5 Å². The Hall–Kier alpha value is -1.43. The molecule has 0 saturated heterocycles. The van der Waals surface area contributed by atoms with E-state index in [1.165, 1.54) is 24.5 Å². The summed E-state index contributed by atoms with van der Waals surface area (Å²) in [4.78, 5) is 10.4. The molecule has 0 atom stereocenters. The van der Waals surface area contributed by atoms with Gasteiger partial charge in [-0.15, -0.1) is 0 Å². The minimum atomic E-state index is -0.628. The molecule has 1 aliphatic carbocycles. The fourth-order valence-corrected chi connectivity index (χ4v) is 2.66. The van der Waals surface area contributed by atoms with Crippen molar-refractivity contribution < 1.29 is 9.31 Å². The van der Waals surface area contributed by atoms with Crippen molar-refractivity contribution in [3.63, 3.8) is 0 Å². The summed E-state index contributed by atoms with van der Waals surface area (Å²) in [5.74, 6) is -0.628. The lowest BCUT2D eigenvalue weighted by molar-refractivity contribution is -0.384. The SMILES string of the molecule is O=[N+]([O-])c1cc(F)c(Br)cc1NCCC1=CCCCC1. The Balaban J connectivity index is 2.03. The van der Waals surface area contributed by atoms with Crippen LogP contribution in [0.15, 0.2) is 28.3 Å². The van der Waals surface area contributed by atoms with Crippen LogP contribution in [0.25, 0.3) is 0 Å². The molecule has 4 nitrogen and oxygen atoms in total. The second-order valence-corrected chi connectivity index (χ2v) is 5.68. The zero-order valence-electron chi connectivity index (χ0n) is 11.0. The zero-order valence-corrected chi connectivity index (χ0v) is 12.6. The first-order valence-electron chi connectivity index (χ1n) is 6.63. The molecule has 0 radical (unpaired) electrons. The van der Waals surface area contributed by atoms with Gasteiger partial charge in [0.25, 0.3) is 5.69 Å². The molecule has 0 unspecified atom stereocenters. The Labute approximate surface area is 125 Å². The molecule has 1 N–H and O–H groups in total. The van der Waals surface area contributed by atoms with Gasteiger partial charge in [0.05, 0.1) is 15.5 Å². The first-order valence-corrected chi connectivity index (χ1v) is 7.42. The van der Waals surface area contributed by atoms with Crippen molar-refractivity contribution in [3.05, 3.63) is 44.2 Å². The quantitative estimate of drug-likeness (QED) is 0.475. The number of nitrogens with zero attached hydrogens (tertiary/aromatic N) is 1. The van der Waals surface area contributed by atoms with Crippen LogP contribution in [0.4, 0.5) is 15.8 Å². The maximum absolute atomic E-state index is 13.3. The smallest absolute Gasteiger partial charge is 0.295 e. The number of rotatable bonds is 5. The summed E-state index contributed by atoms with van der Waals surface area (Å²) < 4.78 is 13.6. The largest absolute Gasteiger partial charge is 0.379 e. The maximum Gasteiger partial charge on any atom is 0.295 e. The Bertz CT molecular complexity index is 546. The van der Waals surface area contributed by atoms with E-state index in [0.717, 1.165) is 25.3 Å². The molecule has 0 aliphatic heterocycles. The van der Waals surface area contributed by atoms with Gasteiger partial charge in [-0.05, 0) is 54.1 Å². The Morgan fingerprint density at radius 1 is 1.40 bits per heavy atom. The van der Waals surface area contributed by atoms with Crippen molar-refractivity contribution in [2.24, 2.45) is 0 Å². The summed E-state index contributed by atoms with van der Waals surface area (Å²) in [5, 5.41) is 14.0. The van der Waals surface area contributed by atoms with Crippen molar-refractivity contribution in [3.8, 4) is 0 Å². The van der Waals surface area contributed by atoms with E-state index in [0.29, 0.717) is 12.2 Å². The fourth-order valence-electron chi connectivity index (χ4n) is 2.32. The predicted octanol–water partition coefficient (Wildman–Crippen LogP) is 4.80. The van der Waals surface area contributed by atoms with E-state index in [9.17, 15) is 14.5 Å². The van der Waals surface area contributed by atoms with Gasteiger partial charge in [0, 0.05) is 6.54 Å². The third-order valence-corrected chi connectivity index (χ3v) is 3.99. The van der Waals surface area contributed by atoms with E-state index in [-0.39, 0.29) is 10.2 Å². The lowest BCUT2D eigenvalue weighted by Gasteiger charge is -2.13. The monoisotopic (exact) mass is 342 g/mol. The van der Waals surface area contributed by atoms with Gasteiger partial charge >= 0.3 is 0 Å². The van der Waals surface area contributed by atoms with Crippen LogP contribution in [0.3, 0.4) is 0 Å². The Morgan fingerprint density at radius 3 is 2.85 bits per heavy atom. The molecule has 1 aromatic carbocycles. The normalized spacial score (nSPS) is 14.8. The number of nitro benzene ring substituents is 1. The number of hydrogen-bond donors (Lipinski definition) is 1. The standard InChI is InChI=1S/C14H16BrFN2O2/c15-11-8-13(14(18(19)20)9-12(11)16)17-7-6-10-4-2-1-3-5-10/h4,8-9,17H,1-3,5-7H2. The first-order chi connectivity index (χ1) is 9.58. The van der Waals surface area contributed by atoms with Crippen LogP contribution in [0.1, 0.15) is 32.1 Å². The molecule has 20 heavy (non-hydrogen) atoms. The van der Waals surface area contributed by atoms with E-state index in [4.69, 9.17) is 0 Å². The minimum Gasteiger partial charge on any atom is -0.379 e. The van der Waals surface area contributed by atoms with E-state index < -0.39 is 10.7 Å². The van der Waals surface area contributed by atoms with Crippen molar-refractivity contribution in [2.75, 3.05) is 11.9 Å². The van der Waals surface area contributed by atoms with E-state index in [2.05, 4.69) is 27.3 Å². The predicted molar refractivity (Wildman–Crippen MR) is 80.4 cm³/mol. The third kappa shape index (κ3) is 3.79. The van der Waals surface area contributed by atoms with Gasteiger partial charge in [-0.25, -0.2) is 4.39 Å². The molecule has 6 heteroatoms. The summed E-state index contributed by atoms with van der Waals surface area (Å²) in [5.41, 5.74) is 1.51. The zero-order chi connectivity index (χ0) is 14.5. The molecular weight excluding hydrogens is 327 g/mol. The van der Waals surface area contributed by atoms with Gasteiger partial charge in [-0.2, -0.15) is 0 Å². The van der Waals surface area contributed by atoms with Crippen LogP contribution < -0.4 is 5.32 Å². The highest BCUT2D eigenvalue weighted by Gasteiger charge is 2.17. The summed E-state index contributed by atoms with van der Waals surface area (Å²) in [7, 11) is 0. The van der Waals surface area contributed by atoms with Crippen molar-refractivity contribution >= 4 is 27.3 Å². The average Bonchev–Trinajstić information content (AvgIpc) is 2.43. The summed E-state index contributed by atoms with van der Waals surface area (Å²) >= 11 is 3.05. The number of nitro groups is 1. The number of halogens is 2. The molecule has 1 aromatic rings. The van der Waals surface area contributed by atoms with Crippen molar-refractivity contribution in [1.82, 2.24) is 0 Å². The van der Waals surface area contributed by atoms with E-state index in [1.807, 2.05) is 0 Å². The highest BCUT2D eigenvalue weighted by molar-refractivity contribution is 9.10. The van der Waals surface area contributed by atoms with Gasteiger partial charge in [0.1, 0.15) is 11.5 Å². The topological polar surface area (TPSA) is 55.2 Å². The molecule has 0 bridgehead atoms. The number of anilines is 1. The third-order valence-electron chi connectivity index (χ3n) is 3.38. The van der Waals surface area contributed by atoms with Gasteiger partial charge < -0.3 is 5.32 Å². The molecule has 108 valence electrons. The number of hydrogen-bond acceptors (Lipinski definition) is 3. The molecule has 0 spiro atoms. The van der Waals surface area contributed by atoms with Crippen LogP contribution in [0.5, 0.6) is 0 Å². The highest BCUT2D eigenvalue weighted by Crippen LogP contribution is 2.30. The second-order valence-electron chi connectivity index (χ2n) is 4.83. The molecule has 2 rings (SSSR count). The molecule has 0 aromatic heterocycles. The lowest BCUT2D eigenvalue weighted by atomic mass is 9.97. The molecule has 1 aliphatic rings. The van der Waals surface area contributed by atoms with E-state index >= 15 is 0 Å².